The zero-order chi connectivity index (χ0) is 27.0. The van der Waals surface area contributed by atoms with Crippen molar-refractivity contribution in [1.82, 2.24) is 25.2 Å². The molecule has 0 radical (unpaired) electrons. The first kappa shape index (κ1) is 24.6. The Bertz CT molecular complexity index is 1620. The van der Waals surface area contributed by atoms with Crippen molar-refractivity contribution in [3.63, 3.8) is 0 Å². The van der Waals surface area contributed by atoms with E-state index >= 15 is 0 Å². The lowest BCUT2D eigenvalue weighted by molar-refractivity contribution is 0.107. The highest BCUT2D eigenvalue weighted by Gasteiger charge is 2.49. The maximum Gasteiger partial charge on any atom is 0.319 e. The second-order valence-corrected chi connectivity index (χ2v) is 12.8. The number of piperazine rings is 1. The molecule has 208 valence electrons. The lowest BCUT2D eigenvalue weighted by atomic mass is 9.95. The molecule has 4 fully saturated rings. The SMILES string of the molecule is Nc1nc2c(-c3ccc4c(N5C[C@H]6CC[C@@H](C5)N6)nc(OC[C@@]56CCCN5C[C@H](F)C6)nc4c3)ccc(F)c2s1. The van der Waals surface area contributed by atoms with Gasteiger partial charge in [0.25, 0.3) is 0 Å². The highest BCUT2D eigenvalue weighted by Crippen LogP contribution is 2.41. The lowest BCUT2D eigenvalue weighted by Crippen LogP contribution is -2.51. The number of fused-ring (bicyclic) bond motifs is 5. The highest BCUT2D eigenvalue weighted by atomic mass is 32.1. The van der Waals surface area contributed by atoms with Crippen molar-refractivity contribution >= 4 is 43.4 Å². The van der Waals surface area contributed by atoms with Gasteiger partial charge in [-0.05, 0) is 62.1 Å². The van der Waals surface area contributed by atoms with E-state index in [0.717, 1.165) is 84.5 Å². The molecular formula is C29H31F2N7OS. The maximum atomic E-state index is 14.5. The van der Waals surface area contributed by atoms with Crippen LogP contribution in [0.15, 0.2) is 30.3 Å². The monoisotopic (exact) mass is 563 g/mol. The number of aromatic nitrogens is 3. The Morgan fingerprint density at radius 1 is 1.10 bits per heavy atom. The number of ether oxygens (including phenoxy) is 1. The maximum absolute atomic E-state index is 14.5. The second-order valence-electron chi connectivity index (χ2n) is 11.8. The molecule has 4 aromatic rings. The lowest BCUT2D eigenvalue weighted by Gasteiger charge is -2.34. The standard InChI is InChI=1S/C29H31F2N7OS/c30-17-11-29(8-1-9-38(29)12-17)15-39-28-34-23-10-16(20-6-7-22(31)25-24(20)35-27(32)40-25)2-5-21(23)26(36-28)37-13-18-3-4-19(14-37)33-18/h2,5-7,10,17-19,33H,1,3-4,8-9,11-15H2,(H2,32,35)/t17-,18-,19+,29+/m1/s1. The Balaban J connectivity index is 1.21. The average Bonchev–Trinajstić information content (AvgIpc) is 3.69. The second kappa shape index (κ2) is 9.19. The summed E-state index contributed by atoms with van der Waals surface area (Å²) in [5.41, 5.74) is 8.63. The molecule has 4 saturated heterocycles. The van der Waals surface area contributed by atoms with Crippen LogP contribution in [-0.4, -0.2) is 76.4 Å². The van der Waals surface area contributed by atoms with Crippen molar-refractivity contribution in [2.75, 3.05) is 43.4 Å². The van der Waals surface area contributed by atoms with Crippen LogP contribution in [0.3, 0.4) is 0 Å². The van der Waals surface area contributed by atoms with E-state index in [1.54, 1.807) is 6.07 Å². The normalized spacial score (nSPS) is 28.1. The Morgan fingerprint density at radius 3 is 2.80 bits per heavy atom. The van der Waals surface area contributed by atoms with Crippen LogP contribution in [0, 0.1) is 5.82 Å². The van der Waals surface area contributed by atoms with Gasteiger partial charge in [0.15, 0.2) is 5.13 Å². The average molecular weight is 564 g/mol. The molecule has 0 spiro atoms. The number of hydrogen-bond donors (Lipinski definition) is 2. The van der Waals surface area contributed by atoms with E-state index in [9.17, 15) is 8.78 Å². The third kappa shape index (κ3) is 4.01. The van der Waals surface area contributed by atoms with E-state index in [-0.39, 0.29) is 11.4 Å². The molecule has 8 rings (SSSR count). The number of nitrogens with two attached hydrogens (primary N) is 1. The van der Waals surface area contributed by atoms with Crippen LogP contribution >= 0.6 is 11.3 Å². The molecule has 0 aliphatic carbocycles. The van der Waals surface area contributed by atoms with Crippen LogP contribution in [0.4, 0.5) is 19.7 Å². The van der Waals surface area contributed by atoms with E-state index in [4.69, 9.17) is 20.4 Å². The number of nitrogen functional groups attached to an aromatic ring is 1. The summed E-state index contributed by atoms with van der Waals surface area (Å²) in [6, 6.07) is 10.5. The molecule has 2 aromatic heterocycles. The Kier molecular flexibility index (Phi) is 5.66. The summed E-state index contributed by atoms with van der Waals surface area (Å²) in [6.45, 7) is 3.52. The number of hydrogen-bond acceptors (Lipinski definition) is 9. The molecule has 3 N–H and O–H groups in total. The fourth-order valence-electron chi connectivity index (χ4n) is 7.41. The van der Waals surface area contributed by atoms with Gasteiger partial charge < -0.3 is 20.7 Å². The molecule has 4 aliphatic rings. The Hall–Kier alpha value is -3.15. The van der Waals surface area contributed by atoms with Crippen LogP contribution in [-0.2, 0) is 0 Å². The molecule has 8 nitrogen and oxygen atoms in total. The summed E-state index contributed by atoms with van der Waals surface area (Å²) in [6.07, 6.45) is 3.99. The molecule has 40 heavy (non-hydrogen) atoms. The molecule has 0 unspecified atom stereocenters. The summed E-state index contributed by atoms with van der Waals surface area (Å²) in [5.74, 6) is 0.535. The molecule has 0 saturated carbocycles. The van der Waals surface area contributed by atoms with Gasteiger partial charge in [0, 0.05) is 49.1 Å². The van der Waals surface area contributed by atoms with Gasteiger partial charge in [-0.25, -0.2) is 13.8 Å². The molecule has 4 aliphatic heterocycles. The fraction of sp³-hybridized carbons (Fsp3) is 0.483. The van der Waals surface area contributed by atoms with Crippen LogP contribution in [0.1, 0.15) is 32.1 Å². The van der Waals surface area contributed by atoms with Crippen LogP contribution < -0.4 is 20.7 Å². The minimum absolute atomic E-state index is 0.280. The first-order valence-corrected chi connectivity index (χ1v) is 15.0. The highest BCUT2D eigenvalue weighted by molar-refractivity contribution is 7.22. The van der Waals surface area contributed by atoms with Gasteiger partial charge in [0.1, 0.15) is 24.4 Å². The zero-order valence-electron chi connectivity index (χ0n) is 22.1. The number of rotatable bonds is 5. The Morgan fingerprint density at radius 2 is 1.95 bits per heavy atom. The molecule has 6 heterocycles. The summed E-state index contributed by atoms with van der Waals surface area (Å²) in [4.78, 5) is 18.8. The summed E-state index contributed by atoms with van der Waals surface area (Å²) >= 11 is 1.15. The van der Waals surface area contributed by atoms with Crippen molar-refractivity contribution in [2.45, 2.75) is 55.9 Å². The molecule has 2 bridgehead atoms. The van der Waals surface area contributed by atoms with Gasteiger partial charge in [-0.15, -0.1) is 0 Å². The van der Waals surface area contributed by atoms with Gasteiger partial charge in [0.2, 0.25) is 0 Å². The molecular weight excluding hydrogens is 532 g/mol. The molecule has 0 amide bonds. The molecule has 2 aromatic carbocycles. The van der Waals surface area contributed by atoms with E-state index < -0.39 is 6.17 Å². The van der Waals surface area contributed by atoms with Gasteiger partial charge in [-0.2, -0.15) is 9.97 Å². The van der Waals surface area contributed by atoms with Gasteiger partial charge in [0.05, 0.1) is 21.3 Å². The number of halogens is 2. The van der Waals surface area contributed by atoms with Crippen LogP contribution in [0.2, 0.25) is 0 Å². The van der Waals surface area contributed by atoms with Crippen molar-refractivity contribution in [1.29, 1.82) is 0 Å². The number of nitrogens with zero attached hydrogens (tertiary/aromatic N) is 5. The van der Waals surface area contributed by atoms with E-state index in [1.165, 1.54) is 6.07 Å². The summed E-state index contributed by atoms with van der Waals surface area (Å²) < 4.78 is 35.7. The topological polar surface area (TPSA) is 92.4 Å². The zero-order valence-corrected chi connectivity index (χ0v) is 22.9. The third-order valence-electron chi connectivity index (χ3n) is 9.23. The van der Waals surface area contributed by atoms with Crippen molar-refractivity contribution in [3.05, 3.63) is 36.1 Å². The van der Waals surface area contributed by atoms with E-state index in [1.807, 2.05) is 18.2 Å². The minimum Gasteiger partial charge on any atom is -0.461 e. The smallest absolute Gasteiger partial charge is 0.319 e. The number of benzene rings is 2. The van der Waals surface area contributed by atoms with Crippen molar-refractivity contribution in [2.24, 2.45) is 0 Å². The van der Waals surface area contributed by atoms with Crippen LogP contribution in [0.5, 0.6) is 6.01 Å². The van der Waals surface area contributed by atoms with Gasteiger partial charge >= 0.3 is 6.01 Å². The predicted molar refractivity (Wildman–Crippen MR) is 153 cm³/mol. The first-order valence-electron chi connectivity index (χ1n) is 14.1. The van der Waals surface area contributed by atoms with Crippen molar-refractivity contribution < 1.29 is 13.5 Å². The summed E-state index contributed by atoms with van der Waals surface area (Å²) in [7, 11) is 0. The number of anilines is 2. The fourth-order valence-corrected chi connectivity index (χ4v) is 8.17. The minimum atomic E-state index is -0.817. The molecule has 11 heteroatoms. The Labute approximate surface area is 234 Å². The summed E-state index contributed by atoms with van der Waals surface area (Å²) in [5, 5.41) is 4.97. The van der Waals surface area contributed by atoms with Gasteiger partial charge in [-0.3, -0.25) is 4.90 Å². The molecule has 4 atom stereocenters. The van der Waals surface area contributed by atoms with E-state index in [0.29, 0.717) is 53.0 Å². The largest absolute Gasteiger partial charge is 0.461 e. The number of alkyl halides is 1. The van der Waals surface area contributed by atoms with Gasteiger partial charge in [-0.1, -0.05) is 17.4 Å². The van der Waals surface area contributed by atoms with E-state index in [2.05, 4.69) is 20.1 Å². The first-order chi connectivity index (χ1) is 19.4. The van der Waals surface area contributed by atoms with Crippen molar-refractivity contribution in [3.8, 4) is 17.1 Å². The number of nitrogens with one attached hydrogen (secondary N) is 1. The predicted octanol–water partition coefficient (Wildman–Crippen LogP) is 4.52. The van der Waals surface area contributed by atoms with Crippen LogP contribution in [0.25, 0.3) is 32.2 Å². The number of thiazole rings is 1. The quantitative estimate of drug-likeness (QED) is 0.366. The third-order valence-corrected chi connectivity index (χ3v) is 10.1.